The van der Waals surface area contributed by atoms with E-state index in [1.54, 1.807) is 0 Å². The van der Waals surface area contributed by atoms with E-state index >= 15 is 0 Å². The second-order valence-electron chi connectivity index (χ2n) is 4.85. The van der Waals surface area contributed by atoms with Crippen molar-refractivity contribution in [2.24, 2.45) is 0 Å². The van der Waals surface area contributed by atoms with Crippen molar-refractivity contribution < 1.29 is 4.74 Å². The number of hydrogen-bond acceptors (Lipinski definition) is 2. The van der Waals surface area contributed by atoms with Gasteiger partial charge in [0.25, 0.3) is 0 Å². The number of ether oxygens (including phenoxy) is 1. The molecule has 2 N–H and O–H groups in total. The van der Waals surface area contributed by atoms with E-state index in [2.05, 4.69) is 26.0 Å². The molecule has 0 aliphatic heterocycles. The molecule has 0 fully saturated rings. The van der Waals surface area contributed by atoms with Crippen molar-refractivity contribution in [2.45, 2.75) is 26.7 Å². The lowest BCUT2D eigenvalue weighted by molar-refractivity contribution is 0.478. The van der Waals surface area contributed by atoms with Gasteiger partial charge in [-0.05, 0) is 54.3 Å². The molecule has 94 valence electrons. The molecule has 0 bridgehead atoms. The zero-order valence-corrected chi connectivity index (χ0v) is 11.1. The molecule has 0 heterocycles. The van der Waals surface area contributed by atoms with Crippen LogP contribution in [0.5, 0.6) is 11.5 Å². The van der Waals surface area contributed by atoms with Gasteiger partial charge in [0.1, 0.15) is 11.5 Å². The normalized spacial score (nSPS) is 10.7. The van der Waals surface area contributed by atoms with Gasteiger partial charge in [-0.3, -0.25) is 0 Å². The Kier molecular flexibility index (Phi) is 3.56. The molecule has 2 aromatic rings. The summed E-state index contributed by atoms with van der Waals surface area (Å²) < 4.78 is 5.90. The number of anilines is 1. The molecule has 18 heavy (non-hydrogen) atoms. The Morgan fingerprint density at radius 2 is 1.83 bits per heavy atom. The van der Waals surface area contributed by atoms with Gasteiger partial charge < -0.3 is 10.5 Å². The van der Waals surface area contributed by atoms with Crippen LogP contribution in [0.25, 0.3) is 0 Å². The predicted molar refractivity (Wildman–Crippen MR) is 76.2 cm³/mol. The molecule has 2 aromatic carbocycles. The first-order chi connectivity index (χ1) is 8.56. The van der Waals surface area contributed by atoms with Crippen molar-refractivity contribution in [1.29, 1.82) is 0 Å². The maximum absolute atomic E-state index is 5.90. The third-order valence-corrected chi connectivity index (χ3v) is 2.95. The van der Waals surface area contributed by atoms with Crippen molar-refractivity contribution in [3.8, 4) is 11.5 Å². The summed E-state index contributed by atoms with van der Waals surface area (Å²) in [5, 5.41) is 0. The zero-order chi connectivity index (χ0) is 13.1. The number of benzene rings is 2. The number of nitrogens with two attached hydrogens (primary N) is 1. The molecule has 2 rings (SSSR count). The van der Waals surface area contributed by atoms with Gasteiger partial charge in [-0.15, -0.1) is 0 Å². The number of nitrogen functional groups attached to an aromatic ring is 1. The highest BCUT2D eigenvalue weighted by Gasteiger charge is 2.04. The lowest BCUT2D eigenvalue weighted by Crippen LogP contribution is -1.92. The van der Waals surface area contributed by atoms with Crippen molar-refractivity contribution >= 4 is 5.69 Å². The third kappa shape index (κ3) is 2.83. The summed E-state index contributed by atoms with van der Waals surface area (Å²) in [4.78, 5) is 0. The minimum absolute atomic E-state index is 0.501. The Morgan fingerprint density at radius 3 is 2.50 bits per heavy atom. The monoisotopic (exact) mass is 241 g/mol. The van der Waals surface area contributed by atoms with Crippen molar-refractivity contribution in [3.63, 3.8) is 0 Å². The Labute approximate surface area is 108 Å². The molecule has 0 atom stereocenters. The van der Waals surface area contributed by atoms with Crippen LogP contribution in [0.3, 0.4) is 0 Å². The zero-order valence-electron chi connectivity index (χ0n) is 11.1. The summed E-state index contributed by atoms with van der Waals surface area (Å²) in [6.45, 7) is 6.35. The lowest BCUT2D eigenvalue weighted by Gasteiger charge is -2.11. The lowest BCUT2D eigenvalue weighted by atomic mass is 10.0. The van der Waals surface area contributed by atoms with E-state index in [0.717, 1.165) is 22.7 Å². The maximum atomic E-state index is 5.90. The molecule has 0 aliphatic rings. The molecule has 0 radical (unpaired) electrons. The molecule has 0 saturated heterocycles. The fourth-order valence-corrected chi connectivity index (χ4v) is 1.85. The van der Waals surface area contributed by atoms with Crippen LogP contribution >= 0.6 is 0 Å². The van der Waals surface area contributed by atoms with E-state index in [4.69, 9.17) is 10.5 Å². The summed E-state index contributed by atoms with van der Waals surface area (Å²) in [5.41, 5.74) is 8.81. The van der Waals surface area contributed by atoms with Gasteiger partial charge in [-0.25, -0.2) is 0 Å². The first-order valence-electron chi connectivity index (χ1n) is 6.20. The van der Waals surface area contributed by atoms with Crippen molar-refractivity contribution in [2.75, 3.05) is 5.73 Å². The average Bonchev–Trinajstić information content (AvgIpc) is 2.33. The fraction of sp³-hybridized carbons (Fsp3) is 0.250. The number of aryl methyl sites for hydroxylation is 1. The summed E-state index contributed by atoms with van der Waals surface area (Å²) >= 11 is 0. The topological polar surface area (TPSA) is 35.2 Å². The molecule has 0 amide bonds. The molecule has 0 unspecified atom stereocenters. The second-order valence-corrected chi connectivity index (χ2v) is 4.85. The SMILES string of the molecule is Cc1cc(N)ccc1Oc1cccc(C(C)C)c1. The number of rotatable bonds is 3. The minimum atomic E-state index is 0.501. The standard InChI is InChI=1S/C16H19NO/c1-11(2)13-5-4-6-15(10-13)18-16-8-7-14(17)9-12(16)3/h4-11H,17H2,1-3H3. The van der Waals surface area contributed by atoms with Crippen LogP contribution in [0.2, 0.25) is 0 Å². The van der Waals surface area contributed by atoms with Crippen LogP contribution in [0.4, 0.5) is 5.69 Å². The smallest absolute Gasteiger partial charge is 0.130 e. The Hall–Kier alpha value is -1.96. The summed E-state index contributed by atoms with van der Waals surface area (Å²) in [7, 11) is 0. The summed E-state index contributed by atoms with van der Waals surface area (Å²) in [5.74, 6) is 2.22. The molecule has 0 aromatic heterocycles. The molecule has 2 nitrogen and oxygen atoms in total. The van der Waals surface area contributed by atoms with E-state index in [0.29, 0.717) is 5.92 Å². The van der Waals surface area contributed by atoms with E-state index in [1.807, 2.05) is 37.3 Å². The second kappa shape index (κ2) is 5.13. The predicted octanol–water partition coefficient (Wildman–Crippen LogP) is 4.49. The van der Waals surface area contributed by atoms with Gasteiger partial charge in [0.15, 0.2) is 0 Å². The highest BCUT2D eigenvalue weighted by Crippen LogP contribution is 2.28. The third-order valence-electron chi connectivity index (χ3n) is 2.95. The molecule has 0 spiro atoms. The first-order valence-corrected chi connectivity index (χ1v) is 6.20. The summed E-state index contributed by atoms with van der Waals surface area (Å²) in [6.07, 6.45) is 0. The van der Waals surface area contributed by atoms with Crippen LogP contribution in [-0.2, 0) is 0 Å². The van der Waals surface area contributed by atoms with E-state index in [-0.39, 0.29) is 0 Å². The van der Waals surface area contributed by atoms with Crippen LogP contribution in [0, 0.1) is 6.92 Å². The maximum Gasteiger partial charge on any atom is 0.130 e. The molecular formula is C16H19NO. The largest absolute Gasteiger partial charge is 0.457 e. The van der Waals surface area contributed by atoms with Crippen LogP contribution in [-0.4, -0.2) is 0 Å². The van der Waals surface area contributed by atoms with E-state index in [1.165, 1.54) is 5.56 Å². The van der Waals surface area contributed by atoms with Gasteiger partial charge in [-0.1, -0.05) is 26.0 Å². The van der Waals surface area contributed by atoms with Gasteiger partial charge in [0.2, 0.25) is 0 Å². The van der Waals surface area contributed by atoms with Crippen molar-refractivity contribution in [3.05, 3.63) is 53.6 Å². The average molecular weight is 241 g/mol. The van der Waals surface area contributed by atoms with Crippen LogP contribution in [0.15, 0.2) is 42.5 Å². The molecule has 2 heteroatoms. The summed E-state index contributed by atoms with van der Waals surface area (Å²) in [6, 6.07) is 13.9. The highest BCUT2D eigenvalue weighted by atomic mass is 16.5. The van der Waals surface area contributed by atoms with Crippen LogP contribution < -0.4 is 10.5 Å². The van der Waals surface area contributed by atoms with Gasteiger partial charge in [0.05, 0.1) is 0 Å². The van der Waals surface area contributed by atoms with Gasteiger partial charge in [0, 0.05) is 5.69 Å². The Bertz CT molecular complexity index is 547. The number of hydrogen-bond donors (Lipinski definition) is 1. The minimum Gasteiger partial charge on any atom is -0.457 e. The van der Waals surface area contributed by atoms with Gasteiger partial charge >= 0.3 is 0 Å². The fourth-order valence-electron chi connectivity index (χ4n) is 1.85. The molecule has 0 saturated carbocycles. The molecule has 0 aliphatic carbocycles. The molecular weight excluding hydrogens is 222 g/mol. The first kappa shape index (κ1) is 12.5. The van der Waals surface area contributed by atoms with Crippen LogP contribution in [0.1, 0.15) is 30.9 Å². The Balaban J connectivity index is 2.25. The quantitative estimate of drug-likeness (QED) is 0.803. The van der Waals surface area contributed by atoms with Crippen molar-refractivity contribution in [1.82, 2.24) is 0 Å². The van der Waals surface area contributed by atoms with Gasteiger partial charge in [-0.2, -0.15) is 0 Å². The Morgan fingerprint density at radius 1 is 1.06 bits per heavy atom. The highest BCUT2D eigenvalue weighted by molar-refractivity contribution is 5.48. The van der Waals surface area contributed by atoms with E-state index < -0.39 is 0 Å². The van der Waals surface area contributed by atoms with E-state index in [9.17, 15) is 0 Å².